The molecule has 0 fully saturated rings. The van der Waals surface area contributed by atoms with Crippen LogP contribution >= 0.6 is 0 Å². The van der Waals surface area contributed by atoms with Crippen LogP contribution in [0.1, 0.15) is 25.5 Å². The van der Waals surface area contributed by atoms with E-state index in [0.29, 0.717) is 12.6 Å². The summed E-state index contributed by atoms with van der Waals surface area (Å²) in [5, 5.41) is 12.9. The number of nitrogen functional groups attached to an aromatic ring is 1. The maximum Gasteiger partial charge on any atom is 0.0914 e. The Balaban J connectivity index is 2.52. The number of aliphatic hydroxyl groups is 1. The first-order chi connectivity index (χ1) is 6.59. The van der Waals surface area contributed by atoms with E-state index in [2.05, 4.69) is 19.2 Å². The molecule has 0 spiro atoms. The summed E-state index contributed by atoms with van der Waals surface area (Å²) in [5.41, 5.74) is 7.17. The van der Waals surface area contributed by atoms with Crippen LogP contribution in [0, 0.1) is 0 Å². The van der Waals surface area contributed by atoms with Crippen molar-refractivity contribution in [2.75, 3.05) is 12.3 Å². The minimum absolute atomic E-state index is 0.387. The van der Waals surface area contributed by atoms with Crippen molar-refractivity contribution in [1.82, 2.24) is 5.32 Å². The SMILES string of the molecule is CC(C)NCC(O)c1ccc(N)cc1. The zero-order valence-corrected chi connectivity index (χ0v) is 8.70. The van der Waals surface area contributed by atoms with E-state index in [0.717, 1.165) is 11.3 Å². The molecule has 0 aliphatic carbocycles. The maximum atomic E-state index is 9.76. The molecule has 78 valence electrons. The Hall–Kier alpha value is -1.06. The minimum Gasteiger partial charge on any atom is -0.399 e. The van der Waals surface area contributed by atoms with Gasteiger partial charge in [0.05, 0.1) is 6.10 Å². The van der Waals surface area contributed by atoms with Crippen LogP contribution in [0.5, 0.6) is 0 Å². The quantitative estimate of drug-likeness (QED) is 0.633. The molecule has 0 heterocycles. The highest BCUT2D eigenvalue weighted by Gasteiger charge is 2.06. The Labute approximate surface area is 84.9 Å². The van der Waals surface area contributed by atoms with Crippen molar-refractivity contribution in [3.05, 3.63) is 29.8 Å². The van der Waals surface area contributed by atoms with Gasteiger partial charge in [0.2, 0.25) is 0 Å². The molecule has 1 atom stereocenters. The van der Waals surface area contributed by atoms with Gasteiger partial charge in [0, 0.05) is 18.3 Å². The third kappa shape index (κ3) is 3.36. The summed E-state index contributed by atoms with van der Waals surface area (Å²) in [4.78, 5) is 0. The Bertz CT molecular complexity index is 269. The van der Waals surface area contributed by atoms with E-state index in [4.69, 9.17) is 5.73 Å². The molecule has 1 aromatic carbocycles. The summed E-state index contributed by atoms with van der Waals surface area (Å²) in [5.74, 6) is 0. The molecular weight excluding hydrogens is 176 g/mol. The highest BCUT2D eigenvalue weighted by atomic mass is 16.3. The van der Waals surface area contributed by atoms with E-state index in [1.54, 1.807) is 12.1 Å². The van der Waals surface area contributed by atoms with Crippen molar-refractivity contribution in [3.8, 4) is 0 Å². The molecule has 0 saturated heterocycles. The van der Waals surface area contributed by atoms with Crippen LogP contribution in [0.15, 0.2) is 24.3 Å². The predicted molar refractivity (Wildman–Crippen MR) is 59.0 cm³/mol. The van der Waals surface area contributed by atoms with E-state index in [1.807, 2.05) is 12.1 Å². The van der Waals surface area contributed by atoms with Crippen LogP contribution in [0.3, 0.4) is 0 Å². The van der Waals surface area contributed by atoms with E-state index in [1.165, 1.54) is 0 Å². The molecule has 0 radical (unpaired) electrons. The van der Waals surface area contributed by atoms with Gasteiger partial charge in [0.25, 0.3) is 0 Å². The van der Waals surface area contributed by atoms with Crippen LogP contribution in [0.4, 0.5) is 5.69 Å². The first-order valence-corrected chi connectivity index (χ1v) is 4.86. The molecule has 1 unspecified atom stereocenters. The van der Waals surface area contributed by atoms with Gasteiger partial charge >= 0.3 is 0 Å². The highest BCUT2D eigenvalue weighted by molar-refractivity contribution is 5.39. The maximum absolute atomic E-state index is 9.76. The topological polar surface area (TPSA) is 58.3 Å². The fraction of sp³-hybridized carbons (Fsp3) is 0.455. The highest BCUT2D eigenvalue weighted by Crippen LogP contribution is 2.13. The van der Waals surface area contributed by atoms with Gasteiger partial charge in [0.1, 0.15) is 0 Å². The van der Waals surface area contributed by atoms with Crippen LogP contribution in [0.25, 0.3) is 0 Å². The average molecular weight is 194 g/mol. The van der Waals surface area contributed by atoms with E-state index in [-0.39, 0.29) is 0 Å². The van der Waals surface area contributed by atoms with Gasteiger partial charge in [-0.25, -0.2) is 0 Å². The number of benzene rings is 1. The van der Waals surface area contributed by atoms with Crippen molar-refractivity contribution in [2.45, 2.75) is 26.0 Å². The molecule has 0 amide bonds. The number of nitrogens with one attached hydrogen (secondary N) is 1. The largest absolute Gasteiger partial charge is 0.399 e. The molecule has 3 heteroatoms. The van der Waals surface area contributed by atoms with Gasteiger partial charge in [-0.1, -0.05) is 26.0 Å². The van der Waals surface area contributed by atoms with Gasteiger partial charge in [-0.15, -0.1) is 0 Å². The van der Waals surface area contributed by atoms with Crippen LogP contribution in [-0.2, 0) is 0 Å². The summed E-state index contributed by atoms with van der Waals surface area (Å²) < 4.78 is 0. The second-order valence-corrected chi connectivity index (χ2v) is 3.75. The summed E-state index contributed by atoms with van der Waals surface area (Å²) >= 11 is 0. The molecule has 1 aromatic rings. The van der Waals surface area contributed by atoms with Gasteiger partial charge in [-0.2, -0.15) is 0 Å². The third-order valence-corrected chi connectivity index (χ3v) is 2.04. The van der Waals surface area contributed by atoms with Crippen LogP contribution in [0.2, 0.25) is 0 Å². The third-order valence-electron chi connectivity index (χ3n) is 2.04. The molecule has 0 saturated carbocycles. The number of hydrogen-bond donors (Lipinski definition) is 3. The number of rotatable bonds is 4. The lowest BCUT2D eigenvalue weighted by atomic mass is 10.1. The van der Waals surface area contributed by atoms with Crippen LogP contribution in [-0.4, -0.2) is 17.7 Å². The first-order valence-electron chi connectivity index (χ1n) is 4.86. The summed E-state index contributed by atoms with van der Waals surface area (Å²) in [7, 11) is 0. The number of nitrogens with two attached hydrogens (primary N) is 1. The molecule has 4 N–H and O–H groups in total. The molecule has 0 aromatic heterocycles. The molecule has 3 nitrogen and oxygen atoms in total. The number of hydrogen-bond acceptors (Lipinski definition) is 3. The van der Waals surface area contributed by atoms with E-state index >= 15 is 0 Å². The Morgan fingerprint density at radius 2 is 1.86 bits per heavy atom. The molecule has 14 heavy (non-hydrogen) atoms. The minimum atomic E-state index is -0.460. The molecule has 0 aliphatic heterocycles. The lowest BCUT2D eigenvalue weighted by Gasteiger charge is -2.14. The number of aliphatic hydroxyl groups excluding tert-OH is 1. The fourth-order valence-corrected chi connectivity index (χ4v) is 1.18. The normalized spacial score (nSPS) is 13.1. The molecule has 0 aliphatic rings. The monoisotopic (exact) mass is 194 g/mol. The van der Waals surface area contributed by atoms with Crippen molar-refractivity contribution < 1.29 is 5.11 Å². The first kappa shape index (κ1) is 11.0. The van der Waals surface area contributed by atoms with Gasteiger partial charge in [0.15, 0.2) is 0 Å². The zero-order chi connectivity index (χ0) is 10.6. The second-order valence-electron chi connectivity index (χ2n) is 3.75. The Morgan fingerprint density at radius 3 is 2.36 bits per heavy atom. The lowest BCUT2D eigenvalue weighted by molar-refractivity contribution is 0.171. The Kier molecular flexibility index (Phi) is 3.92. The smallest absolute Gasteiger partial charge is 0.0914 e. The van der Waals surface area contributed by atoms with Crippen LogP contribution < -0.4 is 11.1 Å². The standard InChI is InChI=1S/C11H18N2O/c1-8(2)13-7-11(14)9-3-5-10(12)6-4-9/h3-6,8,11,13-14H,7,12H2,1-2H3. The van der Waals surface area contributed by atoms with Crippen molar-refractivity contribution in [1.29, 1.82) is 0 Å². The average Bonchev–Trinajstić information content (AvgIpc) is 2.15. The summed E-state index contributed by atoms with van der Waals surface area (Å²) in [6, 6.07) is 7.68. The Morgan fingerprint density at radius 1 is 1.29 bits per heavy atom. The summed E-state index contributed by atoms with van der Waals surface area (Å²) in [6.07, 6.45) is -0.460. The fourth-order valence-electron chi connectivity index (χ4n) is 1.18. The van der Waals surface area contributed by atoms with E-state index in [9.17, 15) is 5.11 Å². The predicted octanol–water partition coefficient (Wildman–Crippen LogP) is 1.30. The summed E-state index contributed by atoms with van der Waals surface area (Å²) in [6.45, 7) is 4.67. The lowest BCUT2D eigenvalue weighted by Crippen LogP contribution is -2.27. The second kappa shape index (κ2) is 4.98. The van der Waals surface area contributed by atoms with Crippen molar-refractivity contribution in [3.63, 3.8) is 0 Å². The van der Waals surface area contributed by atoms with Gasteiger partial charge < -0.3 is 16.2 Å². The van der Waals surface area contributed by atoms with Gasteiger partial charge in [-0.3, -0.25) is 0 Å². The van der Waals surface area contributed by atoms with Crippen molar-refractivity contribution in [2.24, 2.45) is 0 Å². The van der Waals surface area contributed by atoms with E-state index < -0.39 is 6.10 Å². The molecular formula is C11H18N2O. The zero-order valence-electron chi connectivity index (χ0n) is 8.70. The molecule has 1 rings (SSSR count). The molecule has 0 bridgehead atoms. The number of anilines is 1. The van der Waals surface area contributed by atoms with Gasteiger partial charge in [-0.05, 0) is 17.7 Å². The van der Waals surface area contributed by atoms with Crippen molar-refractivity contribution >= 4 is 5.69 Å².